The predicted molar refractivity (Wildman–Crippen MR) is 79.7 cm³/mol. The minimum absolute atomic E-state index is 0.0182. The molecule has 1 heterocycles. The molecule has 0 radical (unpaired) electrons. The van der Waals surface area contributed by atoms with E-state index in [9.17, 15) is 9.59 Å². The Morgan fingerprint density at radius 3 is 2.48 bits per heavy atom. The summed E-state index contributed by atoms with van der Waals surface area (Å²) in [6.07, 6.45) is 0.624. The van der Waals surface area contributed by atoms with Crippen LogP contribution in [-0.2, 0) is 23.0 Å². The van der Waals surface area contributed by atoms with E-state index >= 15 is 0 Å². The van der Waals surface area contributed by atoms with Gasteiger partial charge in [-0.05, 0) is 19.3 Å². The van der Waals surface area contributed by atoms with Crippen molar-refractivity contribution in [1.82, 2.24) is 15.1 Å². The van der Waals surface area contributed by atoms with Crippen LogP contribution < -0.4 is 11.1 Å². The quantitative estimate of drug-likeness (QED) is 0.759. The van der Waals surface area contributed by atoms with E-state index in [4.69, 9.17) is 10.5 Å². The summed E-state index contributed by atoms with van der Waals surface area (Å²) >= 11 is 0. The molecule has 118 valence electrons. The van der Waals surface area contributed by atoms with Crippen LogP contribution in [0.25, 0.3) is 0 Å². The first kappa shape index (κ1) is 17.0. The number of ether oxygens (including phenoxy) is 1. The number of hydrogen-bond acceptors (Lipinski definition) is 5. The molecule has 21 heavy (non-hydrogen) atoms. The topological polar surface area (TPSA) is 99.2 Å². The van der Waals surface area contributed by atoms with Crippen LogP contribution >= 0.6 is 0 Å². The van der Waals surface area contributed by atoms with Crippen LogP contribution in [0.5, 0.6) is 0 Å². The molecule has 0 aliphatic carbocycles. The van der Waals surface area contributed by atoms with Gasteiger partial charge in [-0.15, -0.1) is 0 Å². The zero-order valence-corrected chi connectivity index (χ0v) is 13.3. The monoisotopic (exact) mass is 296 g/mol. The Hall–Kier alpha value is -2.05. The van der Waals surface area contributed by atoms with E-state index in [1.165, 1.54) is 4.68 Å². The molecule has 7 heteroatoms. The summed E-state index contributed by atoms with van der Waals surface area (Å²) in [4.78, 5) is 23.7. The van der Waals surface area contributed by atoms with Crippen LogP contribution in [0, 0.1) is 5.92 Å². The molecule has 7 nitrogen and oxygen atoms in total. The van der Waals surface area contributed by atoms with Gasteiger partial charge < -0.3 is 15.8 Å². The first-order valence-electron chi connectivity index (χ1n) is 7.05. The number of carbonyl (C=O) groups is 2. The second kappa shape index (κ2) is 7.10. The van der Waals surface area contributed by atoms with Crippen LogP contribution in [0.4, 0.5) is 5.69 Å². The molecule has 0 spiro atoms. The van der Waals surface area contributed by atoms with Crippen molar-refractivity contribution in [1.29, 1.82) is 0 Å². The van der Waals surface area contributed by atoms with E-state index in [0.29, 0.717) is 23.7 Å². The third kappa shape index (κ3) is 4.21. The van der Waals surface area contributed by atoms with Gasteiger partial charge in [-0.2, -0.15) is 5.10 Å². The fourth-order valence-corrected chi connectivity index (χ4v) is 1.76. The molecule has 1 aromatic heterocycles. The maximum absolute atomic E-state index is 12.0. The van der Waals surface area contributed by atoms with E-state index in [1.54, 1.807) is 7.05 Å². The van der Waals surface area contributed by atoms with E-state index in [1.807, 2.05) is 27.7 Å². The van der Waals surface area contributed by atoms with Crippen molar-refractivity contribution in [3.05, 3.63) is 11.4 Å². The molecule has 3 N–H and O–H groups in total. The number of nitrogens with one attached hydrogen (secondary N) is 1. The minimum Gasteiger partial charge on any atom is -0.451 e. The second-order valence-corrected chi connectivity index (χ2v) is 5.36. The molecular weight excluding hydrogens is 272 g/mol. The molecule has 1 unspecified atom stereocenters. The largest absolute Gasteiger partial charge is 0.451 e. The molecule has 1 aromatic rings. The number of rotatable bonds is 6. The standard InChI is InChI=1S/C14H24N4O3/c1-6-10-12(15)13(18(5)17-10)14(20)21-7-11(19)16-9(4)8(2)3/h8-9H,6-7,15H2,1-5H3,(H,16,19). The average molecular weight is 296 g/mol. The van der Waals surface area contributed by atoms with Gasteiger partial charge in [-0.25, -0.2) is 4.79 Å². The number of nitrogens with zero attached hydrogens (tertiary/aromatic N) is 2. The Bertz CT molecular complexity index is 523. The van der Waals surface area contributed by atoms with E-state index in [2.05, 4.69) is 10.4 Å². The van der Waals surface area contributed by atoms with Crippen molar-refractivity contribution in [2.24, 2.45) is 13.0 Å². The fraction of sp³-hybridized carbons (Fsp3) is 0.643. The summed E-state index contributed by atoms with van der Waals surface area (Å²) in [5.41, 5.74) is 6.98. The van der Waals surface area contributed by atoms with Gasteiger partial charge in [0.05, 0.1) is 11.4 Å². The van der Waals surface area contributed by atoms with Crippen molar-refractivity contribution >= 4 is 17.6 Å². The first-order chi connectivity index (χ1) is 9.77. The summed E-state index contributed by atoms with van der Waals surface area (Å²) in [5.74, 6) is -0.667. The molecule has 0 saturated heterocycles. The van der Waals surface area contributed by atoms with Gasteiger partial charge >= 0.3 is 5.97 Å². The minimum atomic E-state index is -0.644. The molecule has 0 fully saturated rings. The van der Waals surface area contributed by atoms with Crippen LogP contribution in [-0.4, -0.2) is 34.3 Å². The number of hydrogen-bond donors (Lipinski definition) is 2. The number of aryl methyl sites for hydroxylation is 2. The lowest BCUT2D eigenvalue weighted by atomic mass is 10.1. The Kier molecular flexibility index (Phi) is 5.75. The van der Waals surface area contributed by atoms with Gasteiger partial charge in [0, 0.05) is 13.1 Å². The molecule has 1 amide bonds. The third-order valence-electron chi connectivity index (χ3n) is 3.41. The van der Waals surface area contributed by atoms with Gasteiger partial charge in [0.1, 0.15) is 0 Å². The number of nitrogens with two attached hydrogens (primary N) is 1. The molecule has 0 aliphatic heterocycles. The van der Waals surface area contributed by atoms with Crippen LogP contribution in [0.15, 0.2) is 0 Å². The normalized spacial score (nSPS) is 12.3. The van der Waals surface area contributed by atoms with Crippen LogP contribution in [0.3, 0.4) is 0 Å². The lowest BCUT2D eigenvalue weighted by Crippen LogP contribution is -2.38. The third-order valence-corrected chi connectivity index (χ3v) is 3.41. The van der Waals surface area contributed by atoms with Crippen molar-refractivity contribution < 1.29 is 14.3 Å². The summed E-state index contributed by atoms with van der Waals surface area (Å²) < 4.78 is 6.38. The molecule has 0 saturated carbocycles. The highest BCUT2D eigenvalue weighted by Gasteiger charge is 2.21. The maximum Gasteiger partial charge on any atom is 0.359 e. The SMILES string of the molecule is CCc1nn(C)c(C(=O)OCC(=O)NC(C)C(C)C)c1N. The highest BCUT2D eigenvalue weighted by Crippen LogP contribution is 2.17. The number of anilines is 1. The fourth-order valence-electron chi connectivity index (χ4n) is 1.76. The number of amides is 1. The summed E-state index contributed by atoms with van der Waals surface area (Å²) in [6.45, 7) is 7.46. The van der Waals surface area contributed by atoms with Gasteiger partial charge in [0.2, 0.25) is 0 Å². The maximum atomic E-state index is 12.0. The summed E-state index contributed by atoms with van der Waals surface area (Å²) in [6, 6.07) is 0.0182. The number of carbonyl (C=O) groups excluding carboxylic acids is 2. The highest BCUT2D eigenvalue weighted by molar-refractivity contribution is 5.95. The Morgan fingerprint density at radius 2 is 2.00 bits per heavy atom. The highest BCUT2D eigenvalue weighted by atomic mass is 16.5. The number of esters is 1. The van der Waals surface area contributed by atoms with Crippen molar-refractivity contribution in [2.45, 2.75) is 40.2 Å². The molecule has 0 bridgehead atoms. The second-order valence-electron chi connectivity index (χ2n) is 5.36. The van der Waals surface area contributed by atoms with Crippen molar-refractivity contribution in [2.75, 3.05) is 12.3 Å². The zero-order valence-electron chi connectivity index (χ0n) is 13.3. The van der Waals surface area contributed by atoms with Gasteiger partial charge in [0.25, 0.3) is 5.91 Å². The summed E-state index contributed by atoms with van der Waals surface area (Å²) in [7, 11) is 1.62. The Labute approximate surface area is 124 Å². The van der Waals surface area contributed by atoms with E-state index in [0.717, 1.165) is 0 Å². The van der Waals surface area contributed by atoms with Gasteiger partial charge in [-0.1, -0.05) is 20.8 Å². The molecule has 0 aliphatic rings. The van der Waals surface area contributed by atoms with E-state index < -0.39 is 5.97 Å². The van der Waals surface area contributed by atoms with Crippen LogP contribution in [0.2, 0.25) is 0 Å². The predicted octanol–water partition coefficient (Wildman–Crippen LogP) is 0.882. The van der Waals surface area contributed by atoms with E-state index in [-0.39, 0.29) is 24.2 Å². The lowest BCUT2D eigenvalue weighted by molar-refractivity contribution is -0.125. The number of nitrogen functional groups attached to an aromatic ring is 1. The Balaban J connectivity index is 2.62. The van der Waals surface area contributed by atoms with Crippen molar-refractivity contribution in [3.8, 4) is 0 Å². The van der Waals surface area contributed by atoms with Crippen molar-refractivity contribution in [3.63, 3.8) is 0 Å². The average Bonchev–Trinajstić information content (AvgIpc) is 2.70. The number of aromatic nitrogens is 2. The Morgan fingerprint density at radius 1 is 1.38 bits per heavy atom. The first-order valence-corrected chi connectivity index (χ1v) is 7.05. The summed E-state index contributed by atoms with van der Waals surface area (Å²) in [5, 5.41) is 6.90. The zero-order chi connectivity index (χ0) is 16.2. The van der Waals surface area contributed by atoms with Crippen LogP contribution in [0.1, 0.15) is 43.9 Å². The molecule has 1 atom stereocenters. The van der Waals surface area contributed by atoms with Gasteiger partial charge in [-0.3, -0.25) is 9.48 Å². The lowest BCUT2D eigenvalue weighted by Gasteiger charge is -2.17. The molecule has 0 aromatic carbocycles. The smallest absolute Gasteiger partial charge is 0.359 e. The van der Waals surface area contributed by atoms with Gasteiger partial charge in [0.15, 0.2) is 12.3 Å². The molecular formula is C14H24N4O3. The molecule has 1 rings (SSSR count).